The Balaban J connectivity index is 1.91. The Bertz CT molecular complexity index is 270. The van der Waals surface area contributed by atoms with Gasteiger partial charge >= 0.3 is 0 Å². The molecule has 4 atom stereocenters. The first-order valence-corrected chi connectivity index (χ1v) is 9.50. The molecule has 0 amide bonds. The number of ether oxygens (including phenoxy) is 3. The Morgan fingerprint density at radius 3 is 2.50 bits per heavy atom. The van der Waals surface area contributed by atoms with E-state index < -0.39 is 15.0 Å². The summed E-state index contributed by atoms with van der Waals surface area (Å²) >= 11 is 0. The van der Waals surface area contributed by atoms with Crippen LogP contribution < -0.4 is 0 Å². The summed E-state index contributed by atoms with van der Waals surface area (Å²) in [5.41, 5.74) is 0. The van der Waals surface area contributed by atoms with E-state index in [2.05, 4.69) is 13.5 Å². The van der Waals surface area contributed by atoms with Crippen LogP contribution in [0.4, 0.5) is 0 Å². The van der Waals surface area contributed by atoms with Gasteiger partial charge in [-0.2, -0.15) is 0 Å². The van der Waals surface area contributed by atoms with E-state index in [1.165, 1.54) is 12.8 Å². The normalized spacial score (nSPS) is 33.0. The zero-order valence-electron chi connectivity index (χ0n) is 12.0. The maximum Gasteiger partial charge on any atom is 0.272 e. The van der Waals surface area contributed by atoms with E-state index >= 15 is 0 Å². The minimum atomic E-state index is -1.20. The van der Waals surface area contributed by atoms with E-state index in [1.807, 2.05) is 0 Å². The van der Waals surface area contributed by atoms with Crippen molar-refractivity contribution in [3.63, 3.8) is 0 Å². The van der Waals surface area contributed by atoms with Crippen molar-refractivity contribution in [1.29, 1.82) is 0 Å². The average Bonchev–Trinajstić information content (AvgIpc) is 3.16. The van der Waals surface area contributed by atoms with Gasteiger partial charge in [-0.15, -0.1) is 0 Å². The van der Waals surface area contributed by atoms with Gasteiger partial charge in [0.2, 0.25) is 0 Å². The third-order valence-corrected chi connectivity index (χ3v) is 6.14. The molecule has 18 heavy (non-hydrogen) atoms. The molecule has 1 aliphatic heterocycles. The summed E-state index contributed by atoms with van der Waals surface area (Å²) < 4.78 is 22.8. The van der Waals surface area contributed by atoms with Gasteiger partial charge < -0.3 is 18.6 Å². The Morgan fingerprint density at radius 1 is 1.22 bits per heavy atom. The third-order valence-electron chi connectivity index (χ3n) is 4.23. The van der Waals surface area contributed by atoms with Crippen LogP contribution in [0.1, 0.15) is 32.6 Å². The molecule has 0 spiro atoms. The van der Waals surface area contributed by atoms with Crippen LogP contribution >= 0.6 is 0 Å². The third kappa shape index (κ3) is 3.33. The molecule has 1 aliphatic carbocycles. The van der Waals surface area contributed by atoms with E-state index in [0.717, 1.165) is 18.9 Å². The van der Waals surface area contributed by atoms with Crippen LogP contribution in [0.15, 0.2) is 0 Å². The molecule has 0 aromatic heterocycles. The molecule has 4 unspecified atom stereocenters. The standard InChI is InChI=1S/C13H26O4Si/c1-5-18(4)17-13(14-2,15-3)9-10-6-7-11-12(8-10)16-11/h10-12,18H,5-9H2,1-4H3. The van der Waals surface area contributed by atoms with E-state index in [9.17, 15) is 0 Å². The molecule has 0 bridgehead atoms. The lowest BCUT2D eigenvalue weighted by Gasteiger charge is -2.36. The average molecular weight is 274 g/mol. The van der Waals surface area contributed by atoms with E-state index in [-0.39, 0.29) is 0 Å². The van der Waals surface area contributed by atoms with Gasteiger partial charge in [0.1, 0.15) is 0 Å². The predicted molar refractivity (Wildman–Crippen MR) is 71.9 cm³/mol. The summed E-state index contributed by atoms with van der Waals surface area (Å²) in [5, 5.41) is 0. The monoisotopic (exact) mass is 274 g/mol. The highest BCUT2D eigenvalue weighted by atomic mass is 28.3. The number of hydrogen-bond donors (Lipinski definition) is 0. The van der Waals surface area contributed by atoms with Crippen molar-refractivity contribution in [2.45, 2.75) is 63.4 Å². The molecule has 5 heteroatoms. The second-order valence-electron chi connectivity index (χ2n) is 5.52. The molecule has 106 valence electrons. The van der Waals surface area contributed by atoms with E-state index in [0.29, 0.717) is 18.1 Å². The first-order chi connectivity index (χ1) is 8.62. The highest BCUT2D eigenvalue weighted by Crippen LogP contribution is 2.42. The molecular weight excluding hydrogens is 248 g/mol. The van der Waals surface area contributed by atoms with Gasteiger partial charge in [-0.1, -0.05) is 6.92 Å². The minimum Gasteiger partial charge on any atom is -0.372 e. The molecule has 1 saturated carbocycles. The van der Waals surface area contributed by atoms with Crippen molar-refractivity contribution in [3.8, 4) is 0 Å². The van der Waals surface area contributed by atoms with Gasteiger partial charge in [-0.3, -0.25) is 0 Å². The number of fused-ring (bicyclic) bond motifs is 1. The second-order valence-corrected chi connectivity index (χ2v) is 8.20. The maximum atomic E-state index is 6.09. The summed E-state index contributed by atoms with van der Waals surface area (Å²) in [6.07, 6.45) is 5.37. The highest BCUT2D eigenvalue weighted by molar-refractivity contribution is 6.50. The van der Waals surface area contributed by atoms with Crippen molar-refractivity contribution < 1.29 is 18.6 Å². The summed E-state index contributed by atoms with van der Waals surface area (Å²) in [4.78, 5) is 0. The van der Waals surface area contributed by atoms with Crippen molar-refractivity contribution in [3.05, 3.63) is 0 Å². The molecule has 4 nitrogen and oxygen atoms in total. The van der Waals surface area contributed by atoms with Crippen molar-refractivity contribution >= 4 is 9.04 Å². The molecule has 0 aromatic rings. The number of methoxy groups -OCH3 is 2. The zero-order chi connectivity index (χ0) is 13.2. The second kappa shape index (κ2) is 6.01. The molecule has 2 fully saturated rings. The number of rotatable bonds is 7. The molecule has 0 aromatic carbocycles. The maximum absolute atomic E-state index is 6.09. The summed E-state index contributed by atoms with van der Waals surface area (Å²) in [5.74, 6) is -0.236. The van der Waals surface area contributed by atoms with Gasteiger partial charge in [0.05, 0.1) is 12.2 Å². The van der Waals surface area contributed by atoms with Gasteiger partial charge in [0.15, 0.2) is 9.04 Å². The van der Waals surface area contributed by atoms with Gasteiger partial charge in [-0.25, -0.2) is 0 Å². The van der Waals surface area contributed by atoms with E-state index in [1.54, 1.807) is 14.2 Å². The number of epoxide rings is 1. The lowest BCUT2D eigenvalue weighted by Crippen LogP contribution is -2.43. The minimum absolute atomic E-state index is 0.496. The fraction of sp³-hybridized carbons (Fsp3) is 1.00. The first-order valence-electron chi connectivity index (χ1n) is 7.06. The van der Waals surface area contributed by atoms with Gasteiger partial charge in [-0.05, 0) is 37.8 Å². The predicted octanol–water partition coefficient (Wildman–Crippen LogP) is 2.28. The van der Waals surface area contributed by atoms with Crippen LogP contribution in [-0.2, 0) is 18.6 Å². The summed E-state index contributed by atoms with van der Waals surface area (Å²) in [6.45, 7) is 4.35. The molecule has 0 radical (unpaired) electrons. The molecule has 1 heterocycles. The van der Waals surface area contributed by atoms with Crippen LogP contribution in [-0.4, -0.2) is 41.4 Å². The SMILES string of the molecule is CC[SiH](C)OC(CC1CCC2OC2C1)(OC)OC. The summed E-state index contributed by atoms with van der Waals surface area (Å²) in [7, 11) is 2.16. The molecule has 0 N–H and O–H groups in total. The van der Waals surface area contributed by atoms with Crippen LogP contribution in [0.2, 0.25) is 12.6 Å². The Hall–Kier alpha value is 0.0569. The van der Waals surface area contributed by atoms with Gasteiger partial charge in [0, 0.05) is 20.6 Å². The fourth-order valence-electron chi connectivity index (χ4n) is 2.81. The molecule has 1 saturated heterocycles. The fourth-order valence-corrected chi connectivity index (χ4v) is 3.88. The molecular formula is C13H26O4Si. The van der Waals surface area contributed by atoms with Crippen LogP contribution in [0.3, 0.4) is 0 Å². The molecule has 2 aliphatic rings. The Morgan fingerprint density at radius 2 is 1.94 bits per heavy atom. The Labute approximate surface area is 112 Å². The topological polar surface area (TPSA) is 40.2 Å². The first kappa shape index (κ1) is 14.5. The van der Waals surface area contributed by atoms with Crippen LogP contribution in [0.25, 0.3) is 0 Å². The smallest absolute Gasteiger partial charge is 0.272 e. The summed E-state index contributed by atoms with van der Waals surface area (Å²) in [6, 6.07) is 1.09. The van der Waals surface area contributed by atoms with Gasteiger partial charge in [0.25, 0.3) is 5.97 Å². The van der Waals surface area contributed by atoms with Crippen molar-refractivity contribution in [2.75, 3.05) is 14.2 Å². The molecule has 2 rings (SSSR count). The van der Waals surface area contributed by atoms with Crippen LogP contribution in [0, 0.1) is 5.92 Å². The van der Waals surface area contributed by atoms with Crippen LogP contribution in [0.5, 0.6) is 0 Å². The number of hydrogen-bond acceptors (Lipinski definition) is 4. The lowest BCUT2D eigenvalue weighted by atomic mass is 9.86. The quantitative estimate of drug-likeness (QED) is 0.406. The Kier molecular flexibility index (Phi) is 4.83. The van der Waals surface area contributed by atoms with Crippen molar-refractivity contribution in [1.82, 2.24) is 0 Å². The zero-order valence-corrected chi connectivity index (χ0v) is 13.1. The highest BCUT2D eigenvalue weighted by Gasteiger charge is 2.46. The van der Waals surface area contributed by atoms with E-state index in [4.69, 9.17) is 18.6 Å². The van der Waals surface area contributed by atoms with Crippen molar-refractivity contribution in [2.24, 2.45) is 5.92 Å². The largest absolute Gasteiger partial charge is 0.372 e. The lowest BCUT2D eigenvalue weighted by molar-refractivity contribution is -0.333.